The van der Waals surface area contributed by atoms with Gasteiger partial charge in [0.2, 0.25) is 5.91 Å². The molecule has 7 nitrogen and oxygen atoms in total. The zero-order valence-electron chi connectivity index (χ0n) is 16.8. The van der Waals surface area contributed by atoms with Crippen LogP contribution in [0.3, 0.4) is 0 Å². The first-order valence-corrected chi connectivity index (χ1v) is 9.40. The van der Waals surface area contributed by atoms with Gasteiger partial charge in [-0.15, -0.1) is 0 Å². The lowest BCUT2D eigenvalue weighted by atomic mass is 10.0. The Balaban J connectivity index is 1.75. The molecule has 0 unspecified atom stereocenters. The van der Waals surface area contributed by atoms with E-state index in [0.717, 1.165) is 17.8 Å². The Morgan fingerprint density at radius 3 is 2.57 bits per heavy atom. The maximum atomic E-state index is 13.0. The number of amides is 3. The van der Waals surface area contributed by atoms with Gasteiger partial charge < -0.3 is 10.2 Å². The maximum absolute atomic E-state index is 13.0. The Labute approximate surface area is 171 Å². The lowest BCUT2D eigenvalue weighted by Gasteiger charge is -2.25. The molecule has 2 aromatic rings. The third-order valence-corrected chi connectivity index (χ3v) is 4.86. The highest BCUT2D eigenvalue weighted by atomic mass is 19.4. The number of hydrogen-bond acceptors (Lipinski definition) is 4. The fourth-order valence-electron chi connectivity index (χ4n) is 3.29. The summed E-state index contributed by atoms with van der Waals surface area (Å²) in [5.41, 5.74) is 0.153. The van der Waals surface area contributed by atoms with Gasteiger partial charge in [-0.1, -0.05) is 13.8 Å². The van der Waals surface area contributed by atoms with Crippen molar-refractivity contribution >= 4 is 23.4 Å². The average molecular weight is 421 g/mol. The van der Waals surface area contributed by atoms with E-state index in [9.17, 15) is 22.8 Å². The molecule has 2 aromatic heterocycles. The van der Waals surface area contributed by atoms with Crippen LogP contribution in [0, 0.1) is 12.8 Å². The van der Waals surface area contributed by atoms with E-state index in [1.165, 1.54) is 15.9 Å². The van der Waals surface area contributed by atoms with Gasteiger partial charge in [0.15, 0.2) is 0 Å². The van der Waals surface area contributed by atoms with Crippen LogP contribution in [0.4, 0.5) is 29.5 Å². The number of nitrogens with one attached hydrogen (secondary N) is 1. The van der Waals surface area contributed by atoms with Crippen LogP contribution in [0.2, 0.25) is 0 Å². The van der Waals surface area contributed by atoms with E-state index >= 15 is 0 Å². The van der Waals surface area contributed by atoms with Crippen LogP contribution in [0.5, 0.6) is 0 Å². The predicted molar refractivity (Wildman–Crippen MR) is 105 cm³/mol. The second-order valence-corrected chi connectivity index (χ2v) is 7.50. The highest BCUT2D eigenvalue weighted by Crippen LogP contribution is 2.31. The SMILES string of the molecule is Cc1ccnc(NC(=O)CN2C(=O)N(c3ccc(C(F)(F)F)nc3)C[C@@H]2C(C)C)c1. The number of anilines is 2. The van der Waals surface area contributed by atoms with Gasteiger partial charge >= 0.3 is 12.2 Å². The molecule has 3 rings (SSSR count). The summed E-state index contributed by atoms with van der Waals surface area (Å²) in [7, 11) is 0. The molecular weight excluding hydrogens is 399 g/mol. The summed E-state index contributed by atoms with van der Waals surface area (Å²) in [6, 6.07) is 4.82. The molecule has 1 fully saturated rings. The Bertz CT molecular complexity index is 931. The number of halogens is 3. The van der Waals surface area contributed by atoms with Crippen LogP contribution in [0.15, 0.2) is 36.7 Å². The molecule has 0 aromatic carbocycles. The van der Waals surface area contributed by atoms with Crippen LogP contribution in [0.25, 0.3) is 0 Å². The average Bonchev–Trinajstić information content (AvgIpc) is 2.98. The van der Waals surface area contributed by atoms with Crippen molar-refractivity contribution in [2.45, 2.75) is 33.0 Å². The van der Waals surface area contributed by atoms with Crippen molar-refractivity contribution < 1.29 is 22.8 Å². The minimum absolute atomic E-state index is 0.0336. The third kappa shape index (κ3) is 4.69. The number of alkyl halides is 3. The molecule has 1 atom stereocenters. The van der Waals surface area contributed by atoms with E-state index in [2.05, 4.69) is 15.3 Å². The molecule has 1 aliphatic rings. The molecule has 0 bridgehead atoms. The zero-order chi connectivity index (χ0) is 22.1. The minimum atomic E-state index is -4.55. The molecule has 30 heavy (non-hydrogen) atoms. The predicted octanol–water partition coefficient (Wildman–Crippen LogP) is 3.71. The molecule has 0 radical (unpaired) electrons. The lowest BCUT2D eigenvalue weighted by molar-refractivity contribution is -0.141. The summed E-state index contributed by atoms with van der Waals surface area (Å²) in [6.45, 7) is 5.76. The summed E-state index contributed by atoms with van der Waals surface area (Å²) in [6.07, 6.45) is -1.96. The van der Waals surface area contributed by atoms with Gasteiger partial charge in [0.25, 0.3) is 0 Å². The molecular formula is C20H22F3N5O2. The number of rotatable bonds is 5. The van der Waals surface area contributed by atoms with Crippen LogP contribution < -0.4 is 10.2 Å². The summed E-state index contributed by atoms with van der Waals surface area (Å²) in [5, 5.41) is 2.67. The standard InChI is InChI=1S/C20H22F3N5O2/c1-12(2)15-10-27(14-4-5-16(25-9-14)20(21,22)23)19(30)28(15)11-18(29)26-17-8-13(3)6-7-24-17/h4-9,12,15H,10-11H2,1-3H3,(H,24,26,29)/t15-/m1/s1. The molecule has 10 heteroatoms. The highest BCUT2D eigenvalue weighted by molar-refractivity contribution is 5.99. The smallest absolute Gasteiger partial charge is 0.310 e. The van der Waals surface area contributed by atoms with Crippen molar-refractivity contribution in [1.82, 2.24) is 14.9 Å². The summed E-state index contributed by atoms with van der Waals surface area (Å²) in [5.74, 6) is 0.0160. The number of pyridine rings is 2. The maximum Gasteiger partial charge on any atom is 0.433 e. The number of carbonyl (C=O) groups is 2. The third-order valence-electron chi connectivity index (χ3n) is 4.86. The molecule has 0 spiro atoms. The summed E-state index contributed by atoms with van der Waals surface area (Å²) >= 11 is 0. The number of carbonyl (C=O) groups excluding carboxylic acids is 2. The number of nitrogens with zero attached hydrogens (tertiary/aromatic N) is 4. The molecule has 1 N–H and O–H groups in total. The fourth-order valence-corrected chi connectivity index (χ4v) is 3.29. The van der Waals surface area contributed by atoms with Crippen molar-refractivity contribution in [3.8, 4) is 0 Å². The van der Waals surface area contributed by atoms with Gasteiger partial charge in [-0.3, -0.25) is 9.69 Å². The Morgan fingerprint density at radius 1 is 1.27 bits per heavy atom. The van der Waals surface area contributed by atoms with Crippen molar-refractivity contribution in [2.75, 3.05) is 23.3 Å². The molecule has 1 saturated heterocycles. The van der Waals surface area contributed by atoms with Gasteiger partial charge in [-0.25, -0.2) is 14.8 Å². The molecule has 0 aliphatic carbocycles. The molecule has 3 amide bonds. The van der Waals surface area contributed by atoms with Gasteiger partial charge in [-0.2, -0.15) is 13.2 Å². The van der Waals surface area contributed by atoms with E-state index in [1.807, 2.05) is 20.8 Å². The van der Waals surface area contributed by atoms with Gasteiger partial charge in [0.1, 0.15) is 18.1 Å². The first-order valence-electron chi connectivity index (χ1n) is 9.40. The van der Waals surface area contributed by atoms with Crippen molar-refractivity contribution in [2.24, 2.45) is 5.92 Å². The van der Waals surface area contributed by atoms with Crippen LogP contribution in [-0.2, 0) is 11.0 Å². The van der Waals surface area contributed by atoms with Crippen LogP contribution >= 0.6 is 0 Å². The largest absolute Gasteiger partial charge is 0.433 e. The second-order valence-electron chi connectivity index (χ2n) is 7.50. The van der Waals surface area contributed by atoms with E-state index in [0.29, 0.717) is 5.82 Å². The second kappa shape index (κ2) is 8.29. The first-order chi connectivity index (χ1) is 14.1. The monoisotopic (exact) mass is 421 g/mol. The number of aromatic nitrogens is 2. The fraction of sp³-hybridized carbons (Fsp3) is 0.400. The van der Waals surface area contributed by atoms with Crippen molar-refractivity contribution in [3.63, 3.8) is 0 Å². The zero-order valence-corrected chi connectivity index (χ0v) is 16.8. The van der Waals surface area contributed by atoms with Crippen molar-refractivity contribution in [3.05, 3.63) is 47.9 Å². The number of urea groups is 1. The summed E-state index contributed by atoms with van der Waals surface area (Å²) < 4.78 is 38.2. The van der Waals surface area contributed by atoms with E-state index in [-0.39, 0.29) is 30.7 Å². The van der Waals surface area contributed by atoms with E-state index < -0.39 is 23.8 Å². The number of aryl methyl sites for hydroxylation is 1. The van der Waals surface area contributed by atoms with Crippen LogP contribution in [-0.4, -0.2) is 45.9 Å². The minimum Gasteiger partial charge on any atom is -0.310 e. The van der Waals surface area contributed by atoms with Crippen molar-refractivity contribution in [1.29, 1.82) is 0 Å². The molecule has 160 valence electrons. The number of hydrogen-bond donors (Lipinski definition) is 1. The quantitative estimate of drug-likeness (QED) is 0.798. The lowest BCUT2D eigenvalue weighted by Crippen LogP contribution is -2.42. The molecule has 3 heterocycles. The Hall–Kier alpha value is -3.17. The van der Waals surface area contributed by atoms with Gasteiger partial charge in [0.05, 0.1) is 17.9 Å². The Morgan fingerprint density at radius 2 is 2.00 bits per heavy atom. The van der Waals surface area contributed by atoms with Gasteiger partial charge in [-0.05, 0) is 42.7 Å². The molecule has 1 aliphatic heterocycles. The summed E-state index contributed by atoms with van der Waals surface area (Å²) in [4.78, 5) is 35.7. The van der Waals surface area contributed by atoms with Crippen LogP contribution in [0.1, 0.15) is 25.1 Å². The van der Waals surface area contributed by atoms with E-state index in [1.54, 1.807) is 18.3 Å². The van der Waals surface area contributed by atoms with Gasteiger partial charge in [0, 0.05) is 12.7 Å². The first kappa shape index (κ1) is 21.5. The topological polar surface area (TPSA) is 78.4 Å². The Kier molecular flexibility index (Phi) is 5.95. The molecule has 0 saturated carbocycles. The van der Waals surface area contributed by atoms with E-state index in [4.69, 9.17) is 0 Å². The normalized spacial score (nSPS) is 17.0. The highest BCUT2D eigenvalue weighted by Gasteiger charge is 2.41.